The fourth-order valence-corrected chi connectivity index (χ4v) is 2.79. The highest BCUT2D eigenvalue weighted by atomic mass is 127. The Morgan fingerprint density at radius 1 is 1.09 bits per heavy atom. The third-order valence-electron chi connectivity index (χ3n) is 3.79. The predicted octanol–water partition coefficient (Wildman–Crippen LogP) is 4.20. The number of anilines is 2. The number of rotatable bonds is 4. The molecule has 0 saturated heterocycles. The molecule has 0 radical (unpaired) electrons. The zero-order valence-electron chi connectivity index (χ0n) is 12.7. The Kier molecular flexibility index (Phi) is 4.66. The molecule has 4 nitrogen and oxygen atoms in total. The monoisotopic (exact) mass is 420 g/mol. The fourth-order valence-electron chi connectivity index (χ4n) is 2.25. The summed E-state index contributed by atoms with van der Waals surface area (Å²) in [6, 6.07) is 12.9. The number of aryl methyl sites for hydroxylation is 1. The quantitative estimate of drug-likeness (QED) is 0.729. The van der Waals surface area contributed by atoms with Gasteiger partial charge in [-0.2, -0.15) is 0 Å². The van der Waals surface area contributed by atoms with Gasteiger partial charge in [0, 0.05) is 26.4 Å². The Morgan fingerprint density at radius 3 is 2.57 bits per heavy atom. The Bertz CT molecular complexity index is 769. The molecule has 1 fully saturated rings. The van der Waals surface area contributed by atoms with Crippen LogP contribution in [0.1, 0.15) is 28.8 Å². The van der Waals surface area contributed by atoms with Gasteiger partial charge in [-0.05, 0) is 78.3 Å². The minimum absolute atomic E-state index is 0.0641. The van der Waals surface area contributed by atoms with E-state index in [0.717, 1.165) is 27.7 Å². The molecule has 2 amide bonds. The summed E-state index contributed by atoms with van der Waals surface area (Å²) in [5, 5.41) is 5.82. The van der Waals surface area contributed by atoms with Gasteiger partial charge in [0.2, 0.25) is 5.91 Å². The first-order valence-corrected chi connectivity index (χ1v) is 8.59. The number of amides is 2. The number of carbonyl (C=O) groups is 2. The van der Waals surface area contributed by atoms with E-state index in [0.29, 0.717) is 11.3 Å². The van der Waals surface area contributed by atoms with Crippen molar-refractivity contribution in [1.29, 1.82) is 0 Å². The van der Waals surface area contributed by atoms with Gasteiger partial charge in [0.25, 0.3) is 5.91 Å². The minimum Gasteiger partial charge on any atom is -0.326 e. The van der Waals surface area contributed by atoms with Crippen LogP contribution >= 0.6 is 22.6 Å². The van der Waals surface area contributed by atoms with E-state index in [4.69, 9.17) is 0 Å². The SMILES string of the molecule is Cc1ccc(NC(=O)c2cccc(I)c2)cc1NC(=O)C1CC1. The molecule has 1 saturated carbocycles. The van der Waals surface area contributed by atoms with Crippen molar-refractivity contribution >= 4 is 45.8 Å². The van der Waals surface area contributed by atoms with Crippen molar-refractivity contribution in [2.75, 3.05) is 10.6 Å². The Morgan fingerprint density at radius 2 is 1.87 bits per heavy atom. The molecule has 2 aromatic carbocycles. The Labute approximate surface area is 148 Å². The number of halogens is 1. The Hall–Kier alpha value is -1.89. The summed E-state index contributed by atoms with van der Waals surface area (Å²) in [4.78, 5) is 24.2. The van der Waals surface area contributed by atoms with Gasteiger partial charge < -0.3 is 10.6 Å². The topological polar surface area (TPSA) is 58.2 Å². The third kappa shape index (κ3) is 4.10. The van der Waals surface area contributed by atoms with Crippen molar-refractivity contribution in [2.24, 2.45) is 5.92 Å². The van der Waals surface area contributed by atoms with Gasteiger partial charge >= 0.3 is 0 Å². The standard InChI is InChI=1S/C18H17IN2O2/c1-11-5-8-15(10-16(11)21-17(22)12-6-7-12)20-18(23)13-3-2-4-14(19)9-13/h2-5,8-10,12H,6-7H2,1H3,(H,20,23)(H,21,22). The van der Waals surface area contributed by atoms with Crippen LogP contribution in [0.2, 0.25) is 0 Å². The molecule has 0 aliphatic heterocycles. The van der Waals surface area contributed by atoms with Crippen molar-refractivity contribution in [3.8, 4) is 0 Å². The second kappa shape index (κ2) is 6.70. The van der Waals surface area contributed by atoms with E-state index in [1.807, 2.05) is 37.3 Å². The molecule has 0 unspecified atom stereocenters. The summed E-state index contributed by atoms with van der Waals surface area (Å²) < 4.78 is 1.01. The van der Waals surface area contributed by atoms with Crippen molar-refractivity contribution in [1.82, 2.24) is 0 Å². The first-order chi connectivity index (χ1) is 11.0. The van der Waals surface area contributed by atoms with Crippen LogP contribution in [-0.4, -0.2) is 11.8 Å². The van der Waals surface area contributed by atoms with Crippen molar-refractivity contribution in [3.05, 3.63) is 57.2 Å². The smallest absolute Gasteiger partial charge is 0.255 e. The maximum absolute atomic E-state index is 12.3. The Balaban J connectivity index is 1.74. The summed E-state index contributed by atoms with van der Waals surface area (Å²) in [5.41, 5.74) is 3.01. The van der Waals surface area contributed by atoms with Gasteiger partial charge in [-0.25, -0.2) is 0 Å². The lowest BCUT2D eigenvalue weighted by Gasteiger charge is -2.11. The second-order valence-electron chi connectivity index (χ2n) is 5.76. The number of carbonyl (C=O) groups excluding carboxylic acids is 2. The average molecular weight is 420 g/mol. The van der Waals surface area contributed by atoms with E-state index in [9.17, 15) is 9.59 Å². The van der Waals surface area contributed by atoms with Crippen LogP contribution in [0.25, 0.3) is 0 Å². The van der Waals surface area contributed by atoms with Crippen molar-refractivity contribution in [2.45, 2.75) is 19.8 Å². The summed E-state index contributed by atoms with van der Waals surface area (Å²) in [7, 11) is 0. The highest BCUT2D eigenvalue weighted by molar-refractivity contribution is 14.1. The lowest BCUT2D eigenvalue weighted by atomic mass is 10.1. The van der Waals surface area contributed by atoms with Crippen LogP contribution in [0.5, 0.6) is 0 Å². The molecule has 2 N–H and O–H groups in total. The van der Waals surface area contributed by atoms with Gasteiger partial charge in [-0.1, -0.05) is 12.1 Å². The molecule has 3 rings (SSSR count). The number of hydrogen-bond donors (Lipinski definition) is 2. The van der Waals surface area contributed by atoms with Crippen LogP contribution < -0.4 is 10.6 Å². The molecule has 1 aliphatic carbocycles. The second-order valence-corrected chi connectivity index (χ2v) is 7.00. The molecular formula is C18H17IN2O2. The van der Waals surface area contributed by atoms with Crippen LogP contribution in [0, 0.1) is 16.4 Å². The largest absolute Gasteiger partial charge is 0.326 e. The molecule has 0 bridgehead atoms. The molecular weight excluding hydrogens is 403 g/mol. The van der Waals surface area contributed by atoms with Crippen molar-refractivity contribution < 1.29 is 9.59 Å². The molecule has 0 heterocycles. The highest BCUT2D eigenvalue weighted by Gasteiger charge is 2.29. The molecule has 118 valence electrons. The number of benzene rings is 2. The van der Waals surface area contributed by atoms with Gasteiger partial charge in [-0.15, -0.1) is 0 Å². The molecule has 0 aromatic heterocycles. The van der Waals surface area contributed by atoms with E-state index in [2.05, 4.69) is 33.2 Å². The molecule has 0 atom stereocenters. The third-order valence-corrected chi connectivity index (χ3v) is 4.46. The van der Waals surface area contributed by atoms with Crippen LogP contribution in [0.4, 0.5) is 11.4 Å². The van der Waals surface area contributed by atoms with Gasteiger partial charge in [0.1, 0.15) is 0 Å². The van der Waals surface area contributed by atoms with Crippen molar-refractivity contribution in [3.63, 3.8) is 0 Å². The number of nitrogens with one attached hydrogen (secondary N) is 2. The maximum atomic E-state index is 12.3. The van der Waals surface area contributed by atoms with E-state index in [-0.39, 0.29) is 17.7 Å². The van der Waals surface area contributed by atoms with Gasteiger partial charge in [-0.3, -0.25) is 9.59 Å². The summed E-state index contributed by atoms with van der Waals surface area (Å²) >= 11 is 2.18. The molecule has 1 aliphatic rings. The van der Waals surface area contributed by atoms with Crippen LogP contribution in [0.3, 0.4) is 0 Å². The molecule has 23 heavy (non-hydrogen) atoms. The normalized spacial score (nSPS) is 13.5. The lowest BCUT2D eigenvalue weighted by molar-refractivity contribution is -0.117. The van der Waals surface area contributed by atoms with E-state index < -0.39 is 0 Å². The van der Waals surface area contributed by atoms with Gasteiger partial charge in [0.05, 0.1) is 0 Å². The summed E-state index contributed by atoms with van der Waals surface area (Å²) in [6.07, 6.45) is 1.93. The van der Waals surface area contributed by atoms with Crippen LogP contribution in [0.15, 0.2) is 42.5 Å². The molecule has 2 aromatic rings. The maximum Gasteiger partial charge on any atom is 0.255 e. The minimum atomic E-state index is -0.160. The predicted molar refractivity (Wildman–Crippen MR) is 99.6 cm³/mol. The van der Waals surface area contributed by atoms with E-state index in [1.165, 1.54) is 0 Å². The van der Waals surface area contributed by atoms with E-state index >= 15 is 0 Å². The zero-order valence-corrected chi connectivity index (χ0v) is 14.9. The average Bonchev–Trinajstić information content (AvgIpc) is 3.35. The lowest BCUT2D eigenvalue weighted by Crippen LogP contribution is -2.15. The zero-order chi connectivity index (χ0) is 16.4. The first kappa shape index (κ1) is 16.0. The fraction of sp³-hybridized carbons (Fsp3) is 0.222. The summed E-state index contributed by atoms with van der Waals surface area (Å²) in [5.74, 6) is 0.0556. The number of hydrogen-bond acceptors (Lipinski definition) is 2. The molecule has 5 heteroatoms. The van der Waals surface area contributed by atoms with Crippen LogP contribution in [-0.2, 0) is 4.79 Å². The first-order valence-electron chi connectivity index (χ1n) is 7.51. The van der Waals surface area contributed by atoms with Gasteiger partial charge in [0.15, 0.2) is 0 Å². The van der Waals surface area contributed by atoms with E-state index in [1.54, 1.807) is 12.1 Å². The summed E-state index contributed by atoms with van der Waals surface area (Å²) in [6.45, 7) is 1.94. The highest BCUT2D eigenvalue weighted by Crippen LogP contribution is 2.31. The molecule has 0 spiro atoms.